The van der Waals surface area contributed by atoms with E-state index in [0.717, 1.165) is 58.8 Å². The number of benzene rings is 3. The Hall–Kier alpha value is -9.33. The second-order valence-electron chi connectivity index (χ2n) is 19.8. The number of carboxylic acid groups (broad SMARTS) is 1. The molecular formula is C62H71ClN16O5. The van der Waals surface area contributed by atoms with Crippen LogP contribution in [0.3, 0.4) is 0 Å². The summed E-state index contributed by atoms with van der Waals surface area (Å²) in [7, 11) is 0. The van der Waals surface area contributed by atoms with Gasteiger partial charge in [-0.2, -0.15) is 5.26 Å². The normalized spacial score (nSPS) is 13.9. The minimum Gasteiger partial charge on any atom is -0.483 e. The molecule has 0 radical (unpaired) electrons. The van der Waals surface area contributed by atoms with E-state index in [1.165, 1.54) is 24.3 Å². The minimum absolute atomic E-state index is 0.0216. The molecule has 0 bridgehead atoms. The second kappa shape index (κ2) is 30.6. The van der Waals surface area contributed by atoms with Gasteiger partial charge in [-0.15, -0.1) is 0 Å². The van der Waals surface area contributed by atoms with Crippen LogP contribution in [-0.2, 0) is 29.2 Å². The van der Waals surface area contributed by atoms with Gasteiger partial charge >= 0.3 is 0 Å². The largest absolute Gasteiger partial charge is 0.483 e. The maximum Gasteiger partial charge on any atom is 0.290 e. The standard InChI is InChI=1S/C59H63ClN16O3.C2H6.CH2O2/c1-37-41(29-61)10-6-13-45(37)52-28-53(73-59(63)72-52)47(62)36-76(64)35-43-11-7-17-54(69-43)75-27-22-42(34-75)56(77)66-24-23-65-30-39-18-20-50(67-31-39)57(78)70-48-15-8-12-44(38(48)2)46-14-9-16-49(55(46)60)71-58(79)51-21-19-40(32-68-51)33-74-25-4-3-5-26-74;1-2;2-1-3/h6-21,28,31-32,36,42,65H,3-5,22-27,30,33-35,62,64H2,1-2H3,(H,66,77)(H,70,78)(H,71,79)(H2,63,72,73);1-2H3;1H,(H,2,3)/b47-36-;;. The zero-order valence-corrected chi connectivity index (χ0v) is 48.4. The Morgan fingerprint density at radius 3 is 2.12 bits per heavy atom. The number of hydrazine groups is 1. The molecule has 2 aliphatic heterocycles. The van der Waals surface area contributed by atoms with Gasteiger partial charge < -0.3 is 47.7 Å². The molecule has 21 nitrogen and oxygen atoms in total. The van der Waals surface area contributed by atoms with E-state index < -0.39 is 0 Å². The molecule has 3 aromatic carbocycles. The molecule has 22 heteroatoms. The monoisotopic (exact) mass is 1150 g/mol. The minimum atomic E-state index is -0.368. The van der Waals surface area contributed by atoms with E-state index in [9.17, 15) is 19.6 Å². The van der Waals surface area contributed by atoms with E-state index in [-0.39, 0.29) is 54.0 Å². The smallest absolute Gasteiger partial charge is 0.290 e. The molecule has 2 aliphatic rings. The predicted octanol–water partition coefficient (Wildman–Crippen LogP) is 8.30. The zero-order valence-electron chi connectivity index (χ0n) is 47.6. The molecule has 0 spiro atoms. The van der Waals surface area contributed by atoms with Gasteiger partial charge in [-0.25, -0.2) is 20.8 Å². The lowest BCUT2D eigenvalue weighted by atomic mass is 9.98. The lowest BCUT2D eigenvalue weighted by molar-refractivity contribution is -0.124. The van der Waals surface area contributed by atoms with Crippen molar-refractivity contribution < 1.29 is 24.3 Å². The summed E-state index contributed by atoms with van der Waals surface area (Å²) in [5.74, 6) is 6.22. The Kier molecular flexibility index (Phi) is 22.7. The third-order valence-corrected chi connectivity index (χ3v) is 14.5. The van der Waals surface area contributed by atoms with Crippen LogP contribution in [0.2, 0.25) is 5.02 Å². The number of halogens is 1. The van der Waals surface area contributed by atoms with E-state index in [2.05, 4.69) is 57.1 Å². The van der Waals surface area contributed by atoms with Crippen molar-refractivity contribution in [1.29, 1.82) is 5.26 Å². The molecule has 1 unspecified atom stereocenters. The average Bonchev–Trinajstić information content (AvgIpc) is 4.01. The summed E-state index contributed by atoms with van der Waals surface area (Å²) in [6.07, 6.45) is 9.35. The van der Waals surface area contributed by atoms with Crippen LogP contribution in [0.1, 0.15) is 99.7 Å². The van der Waals surface area contributed by atoms with E-state index in [1.807, 2.05) is 94.4 Å². The van der Waals surface area contributed by atoms with Gasteiger partial charge in [0.25, 0.3) is 18.3 Å². The summed E-state index contributed by atoms with van der Waals surface area (Å²) in [4.78, 5) is 75.2. The van der Waals surface area contributed by atoms with Gasteiger partial charge in [0.05, 0.1) is 57.6 Å². The molecule has 0 aliphatic carbocycles. The van der Waals surface area contributed by atoms with Crippen LogP contribution in [0.5, 0.6) is 0 Å². The first-order valence-corrected chi connectivity index (χ1v) is 28.1. The van der Waals surface area contributed by atoms with Crippen LogP contribution in [0.15, 0.2) is 122 Å². The highest BCUT2D eigenvalue weighted by atomic mass is 35.5. The lowest BCUT2D eigenvalue weighted by Crippen LogP contribution is -2.37. The summed E-state index contributed by atoms with van der Waals surface area (Å²) >= 11 is 6.94. The molecule has 84 heavy (non-hydrogen) atoms. The number of rotatable bonds is 19. The second-order valence-corrected chi connectivity index (χ2v) is 20.2. The number of anilines is 4. The summed E-state index contributed by atoms with van der Waals surface area (Å²) in [6, 6.07) is 33.2. The third-order valence-electron chi connectivity index (χ3n) is 14.1. The molecule has 4 aromatic heterocycles. The summed E-state index contributed by atoms with van der Waals surface area (Å²) in [5, 5.41) is 30.5. The lowest BCUT2D eigenvalue weighted by Gasteiger charge is -2.26. The number of aromatic nitrogens is 5. The van der Waals surface area contributed by atoms with Crippen molar-refractivity contribution >= 4 is 64.6 Å². The molecule has 2 saturated heterocycles. The number of pyridine rings is 3. The molecule has 7 aromatic rings. The Balaban J connectivity index is 0.00000196. The van der Waals surface area contributed by atoms with Crippen LogP contribution in [0.4, 0.5) is 23.1 Å². The Labute approximate surface area is 494 Å². The summed E-state index contributed by atoms with van der Waals surface area (Å²) in [5.41, 5.74) is 22.3. The average molecular weight is 1160 g/mol. The highest BCUT2D eigenvalue weighted by molar-refractivity contribution is 6.36. The molecule has 6 heterocycles. The summed E-state index contributed by atoms with van der Waals surface area (Å²) in [6.45, 7) is 13.4. The first kappa shape index (κ1) is 62.3. The number of nitrogen functional groups attached to an aromatic ring is 1. The van der Waals surface area contributed by atoms with Crippen molar-refractivity contribution in [3.63, 3.8) is 0 Å². The van der Waals surface area contributed by atoms with Crippen LogP contribution < -0.4 is 43.5 Å². The SMILES string of the molecule is CC.Cc1c(C#N)cccc1-c1cc(/C(N)=C/N(N)Cc2cccc(N3CCC(C(=O)NCCNCc4ccc(C(=O)Nc5cccc(-c6cccc(NC(=O)c7ccc(CN8CCCCC8)cn7)c6Cl)c5C)nc4)C3)n2)nc(N)n1.O=CO. The Morgan fingerprint density at radius 2 is 1.43 bits per heavy atom. The van der Waals surface area contributed by atoms with Crippen molar-refractivity contribution in [2.45, 2.75) is 73.0 Å². The number of hydrogen-bond acceptors (Lipinski definition) is 17. The number of nitrogens with two attached hydrogens (primary N) is 3. The maximum atomic E-state index is 13.4. The number of carbonyl (C=O) groups is 4. The van der Waals surface area contributed by atoms with Crippen LogP contribution in [0, 0.1) is 31.1 Å². The van der Waals surface area contributed by atoms with Gasteiger partial charge in [0.1, 0.15) is 17.2 Å². The maximum absolute atomic E-state index is 13.4. The molecule has 0 saturated carbocycles. The van der Waals surface area contributed by atoms with Gasteiger partial charge in [-0.1, -0.05) is 86.5 Å². The summed E-state index contributed by atoms with van der Waals surface area (Å²) < 4.78 is 0. The molecular weight excluding hydrogens is 1080 g/mol. The number of nitrogens with one attached hydrogen (secondary N) is 4. The number of likely N-dealkylation sites (tertiary alicyclic amines) is 1. The predicted molar refractivity (Wildman–Crippen MR) is 328 cm³/mol. The molecule has 3 amide bonds. The van der Waals surface area contributed by atoms with Gasteiger partial charge in [-0.05, 0) is 123 Å². The van der Waals surface area contributed by atoms with E-state index in [0.29, 0.717) is 89.4 Å². The fourth-order valence-electron chi connectivity index (χ4n) is 9.79. The van der Waals surface area contributed by atoms with Crippen molar-refractivity contribution in [2.24, 2.45) is 17.5 Å². The number of hydrogen-bond donors (Lipinski definition) is 8. The van der Waals surface area contributed by atoms with Gasteiger partial charge in [0.2, 0.25) is 11.9 Å². The van der Waals surface area contributed by atoms with Crippen molar-refractivity contribution in [1.82, 2.24) is 45.5 Å². The third kappa shape index (κ3) is 16.7. The first-order valence-electron chi connectivity index (χ1n) is 27.8. The number of nitrogens with zero attached hydrogens (tertiary/aromatic N) is 9. The van der Waals surface area contributed by atoms with Crippen molar-refractivity contribution in [2.75, 3.05) is 60.5 Å². The van der Waals surface area contributed by atoms with Crippen LogP contribution in [-0.4, -0.2) is 103 Å². The highest BCUT2D eigenvalue weighted by Crippen LogP contribution is 2.38. The van der Waals surface area contributed by atoms with Crippen LogP contribution in [0.25, 0.3) is 28.1 Å². The molecule has 2 fully saturated rings. The highest BCUT2D eigenvalue weighted by Gasteiger charge is 2.29. The fourth-order valence-corrected chi connectivity index (χ4v) is 10.1. The quantitative estimate of drug-likeness (QED) is 0.0163. The fraction of sp³-hybridized carbons (Fsp3) is 0.290. The van der Waals surface area contributed by atoms with E-state index in [1.54, 1.807) is 55.0 Å². The van der Waals surface area contributed by atoms with Gasteiger partial charge in [0.15, 0.2) is 0 Å². The molecule has 11 N–H and O–H groups in total. The number of carbonyl (C=O) groups excluding carboxylic acids is 3. The molecule has 436 valence electrons. The van der Waals surface area contributed by atoms with Gasteiger partial charge in [0, 0.05) is 74.7 Å². The number of nitriles is 1. The molecule has 1 atom stereocenters. The Morgan fingerprint density at radius 1 is 0.786 bits per heavy atom. The molecule has 9 rings (SSSR count). The van der Waals surface area contributed by atoms with E-state index >= 15 is 0 Å². The number of piperidine rings is 1. The Bertz CT molecular complexity index is 3480. The van der Waals surface area contributed by atoms with Crippen molar-refractivity contribution in [3.05, 3.63) is 177 Å². The van der Waals surface area contributed by atoms with Gasteiger partial charge in [-0.3, -0.25) is 34.0 Å². The zero-order chi connectivity index (χ0) is 60.1. The van der Waals surface area contributed by atoms with Crippen molar-refractivity contribution in [3.8, 4) is 28.5 Å². The topological polar surface area (TPSA) is 313 Å². The van der Waals surface area contributed by atoms with Crippen LogP contribution >= 0.6 is 11.6 Å². The number of amides is 3. The first-order chi connectivity index (χ1) is 40.7. The van der Waals surface area contributed by atoms with E-state index in [4.69, 9.17) is 43.8 Å².